The van der Waals surface area contributed by atoms with Crippen LogP contribution in [0.5, 0.6) is 0 Å². The van der Waals surface area contributed by atoms with Crippen molar-refractivity contribution in [3.05, 3.63) is 80.9 Å². The maximum atomic E-state index is 13.2. The number of ketones is 5. The van der Waals surface area contributed by atoms with Crippen LogP contribution in [-0.4, -0.2) is 61.3 Å². The van der Waals surface area contributed by atoms with Gasteiger partial charge in [-0.25, -0.2) is 0 Å². The molecule has 2 aromatic rings. The molecule has 11 nitrogen and oxygen atoms in total. The van der Waals surface area contributed by atoms with Crippen molar-refractivity contribution >= 4 is 52.4 Å². The van der Waals surface area contributed by atoms with E-state index in [2.05, 4.69) is 0 Å². The summed E-state index contributed by atoms with van der Waals surface area (Å²) in [7, 11) is 0. The summed E-state index contributed by atoms with van der Waals surface area (Å²) in [6.45, 7) is 0. The number of allylic oxidation sites excluding steroid dienone is 2. The van der Waals surface area contributed by atoms with Gasteiger partial charge in [0.2, 0.25) is 11.6 Å². The lowest BCUT2D eigenvalue weighted by atomic mass is 9.96. The highest BCUT2D eigenvalue weighted by Gasteiger charge is 2.36. The fourth-order valence-corrected chi connectivity index (χ4v) is 4.29. The summed E-state index contributed by atoms with van der Waals surface area (Å²) in [6, 6.07) is 7.44. The molecule has 2 aliphatic carbocycles. The molecule has 0 aromatic heterocycles. The molecule has 0 amide bonds. The third-order valence-electron chi connectivity index (χ3n) is 6.18. The van der Waals surface area contributed by atoms with Gasteiger partial charge in [0, 0.05) is 46.2 Å². The van der Waals surface area contributed by atoms with Gasteiger partial charge >= 0.3 is 11.9 Å². The van der Waals surface area contributed by atoms with Gasteiger partial charge < -0.3 is 20.4 Å². The van der Waals surface area contributed by atoms with Gasteiger partial charge in [0.25, 0.3) is 0 Å². The first-order chi connectivity index (χ1) is 17.9. The van der Waals surface area contributed by atoms with Crippen molar-refractivity contribution < 1.29 is 54.0 Å². The molecule has 2 aromatic carbocycles. The van der Waals surface area contributed by atoms with E-state index in [4.69, 9.17) is 10.2 Å². The standard InChI is InChI=1S/C27H18O11/c28-17(5-7-19(30)31)21-24(35)13-3-1-11(9-15(13)26(21)37)23(34)12-2-4-14-16(10-12)27(38)22(25(14)36)18(29)6-8-20(32)33/h1-4,9-10,37-38H,5-8H2,(H,30,31)(H,32,33). The summed E-state index contributed by atoms with van der Waals surface area (Å²) in [5.74, 6) is -7.75. The highest BCUT2D eigenvalue weighted by atomic mass is 16.4. The van der Waals surface area contributed by atoms with Gasteiger partial charge in [0.05, 0.1) is 12.8 Å². The van der Waals surface area contributed by atoms with Gasteiger partial charge in [0.15, 0.2) is 17.3 Å². The third-order valence-corrected chi connectivity index (χ3v) is 6.18. The number of benzene rings is 2. The zero-order valence-electron chi connectivity index (χ0n) is 19.4. The van der Waals surface area contributed by atoms with Crippen molar-refractivity contribution in [1.29, 1.82) is 0 Å². The lowest BCUT2D eigenvalue weighted by Crippen LogP contribution is -2.12. The molecule has 0 fully saturated rings. The summed E-state index contributed by atoms with van der Waals surface area (Å²) in [6.07, 6.45) is -2.05. The van der Waals surface area contributed by atoms with E-state index in [-0.39, 0.29) is 33.4 Å². The van der Waals surface area contributed by atoms with Crippen molar-refractivity contribution in [3.8, 4) is 0 Å². The van der Waals surface area contributed by atoms with Crippen LogP contribution < -0.4 is 0 Å². The number of carbonyl (C=O) groups is 7. The van der Waals surface area contributed by atoms with Crippen LogP contribution in [0.25, 0.3) is 11.5 Å². The van der Waals surface area contributed by atoms with Crippen LogP contribution in [0.4, 0.5) is 0 Å². The molecule has 2 aliphatic rings. The number of aliphatic hydroxyl groups excluding tert-OH is 2. The maximum absolute atomic E-state index is 13.2. The molecular weight excluding hydrogens is 500 g/mol. The SMILES string of the molecule is O=C(O)CCC(=O)C1=C(O)c2cc(C(=O)c3ccc4c(c3)C(O)=C(C(=O)CCC(=O)O)C4=O)ccc2C1=O. The number of fused-ring (bicyclic) bond motifs is 2. The highest BCUT2D eigenvalue weighted by Crippen LogP contribution is 2.35. The second-order valence-corrected chi connectivity index (χ2v) is 8.59. The first-order valence-corrected chi connectivity index (χ1v) is 11.2. The average Bonchev–Trinajstić information content (AvgIpc) is 3.28. The third kappa shape index (κ3) is 4.41. The van der Waals surface area contributed by atoms with E-state index in [9.17, 15) is 43.8 Å². The number of rotatable bonds is 10. The Morgan fingerprint density at radius 3 is 1.26 bits per heavy atom. The molecule has 0 aliphatic heterocycles. The van der Waals surface area contributed by atoms with E-state index in [1.54, 1.807) is 0 Å². The molecule has 4 N–H and O–H groups in total. The van der Waals surface area contributed by atoms with E-state index in [0.717, 1.165) is 0 Å². The van der Waals surface area contributed by atoms with Crippen molar-refractivity contribution in [2.24, 2.45) is 0 Å². The Kier molecular flexibility index (Phi) is 6.60. The second-order valence-electron chi connectivity index (χ2n) is 8.59. The van der Waals surface area contributed by atoms with E-state index < -0.39 is 89.2 Å². The van der Waals surface area contributed by atoms with Crippen LogP contribution >= 0.6 is 0 Å². The quantitative estimate of drug-likeness (QED) is 0.266. The monoisotopic (exact) mass is 518 g/mol. The zero-order valence-corrected chi connectivity index (χ0v) is 19.4. The van der Waals surface area contributed by atoms with Crippen LogP contribution in [0, 0.1) is 0 Å². The number of aliphatic carboxylic acids is 2. The molecular formula is C27H18O11. The summed E-state index contributed by atoms with van der Waals surface area (Å²) >= 11 is 0. The highest BCUT2D eigenvalue weighted by molar-refractivity contribution is 6.35. The molecule has 0 heterocycles. The number of aliphatic hydroxyl groups is 2. The Morgan fingerprint density at radius 2 is 0.921 bits per heavy atom. The van der Waals surface area contributed by atoms with Crippen LogP contribution in [-0.2, 0) is 19.2 Å². The summed E-state index contributed by atoms with van der Waals surface area (Å²) in [5.41, 5.74) is -1.37. The molecule has 0 radical (unpaired) electrons. The first kappa shape index (κ1) is 25.9. The molecule has 0 atom stereocenters. The Labute approximate surface area is 213 Å². The molecule has 0 unspecified atom stereocenters. The maximum Gasteiger partial charge on any atom is 0.303 e. The van der Waals surface area contributed by atoms with Crippen LogP contribution in [0.2, 0.25) is 0 Å². The van der Waals surface area contributed by atoms with E-state index >= 15 is 0 Å². The van der Waals surface area contributed by atoms with Gasteiger partial charge in [-0.1, -0.05) is 12.1 Å². The minimum atomic E-state index is -1.25. The molecule has 0 saturated heterocycles. The van der Waals surface area contributed by atoms with Gasteiger partial charge in [-0.2, -0.15) is 0 Å². The smallest absolute Gasteiger partial charge is 0.303 e. The van der Waals surface area contributed by atoms with Crippen molar-refractivity contribution in [3.63, 3.8) is 0 Å². The molecule has 11 heteroatoms. The number of hydrogen-bond donors (Lipinski definition) is 4. The first-order valence-electron chi connectivity index (χ1n) is 11.2. The lowest BCUT2D eigenvalue weighted by Gasteiger charge is -2.07. The van der Waals surface area contributed by atoms with Crippen molar-refractivity contribution in [2.45, 2.75) is 25.7 Å². The fraction of sp³-hybridized carbons (Fsp3) is 0.148. The Bertz CT molecular complexity index is 1450. The fourth-order valence-electron chi connectivity index (χ4n) is 4.29. The summed E-state index contributed by atoms with van der Waals surface area (Å²) < 4.78 is 0. The second kappa shape index (κ2) is 9.69. The van der Waals surface area contributed by atoms with Crippen LogP contribution in [0.3, 0.4) is 0 Å². The molecule has 0 saturated carbocycles. The van der Waals surface area contributed by atoms with Gasteiger partial charge in [-0.15, -0.1) is 0 Å². The Morgan fingerprint density at radius 1 is 0.553 bits per heavy atom. The molecule has 38 heavy (non-hydrogen) atoms. The van der Waals surface area contributed by atoms with Gasteiger partial charge in [0.1, 0.15) is 22.7 Å². The normalized spacial score (nSPS) is 14.0. The topological polar surface area (TPSA) is 200 Å². The zero-order chi connectivity index (χ0) is 27.9. The van der Waals surface area contributed by atoms with Crippen molar-refractivity contribution in [2.75, 3.05) is 0 Å². The van der Waals surface area contributed by atoms with E-state index in [1.165, 1.54) is 36.4 Å². The van der Waals surface area contributed by atoms with Crippen LogP contribution in [0.15, 0.2) is 47.5 Å². The number of hydrogen-bond acceptors (Lipinski definition) is 9. The minimum absolute atomic E-state index is 0.00663. The largest absolute Gasteiger partial charge is 0.506 e. The number of carboxylic acids is 2. The van der Waals surface area contributed by atoms with Crippen LogP contribution in [0.1, 0.15) is 73.4 Å². The Hall–Kier alpha value is -5.19. The van der Waals surface area contributed by atoms with Gasteiger partial charge in [-0.05, 0) is 24.3 Å². The predicted molar refractivity (Wildman–Crippen MR) is 128 cm³/mol. The number of carbonyl (C=O) groups excluding carboxylic acids is 5. The molecule has 4 rings (SSSR count). The molecule has 0 bridgehead atoms. The molecule has 192 valence electrons. The van der Waals surface area contributed by atoms with E-state index in [0.29, 0.717) is 0 Å². The summed E-state index contributed by atoms with van der Waals surface area (Å²) in [4.78, 5) is 84.5. The average molecular weight is 518 g/mol. The van der Waals surface area contributed by atoms with Gasteiger partial charge in [-0.3, -0.25) is 33.6 Å². The minimum Gasteiger partial charge on any atom is -0.506 e. The van der Waals surface area contributed by atoms with Crippen molar-refractivity contribution in [1.82, 2.24) is 0 Å². The Balaban J connectivity index is 1.65. The predicted octanol–water partition coefficient (Wildman–Crippen LogP) is 2.72. The number of Topliss-reactive ketones (excluding diaryl/α,β-unsaturated/α-hetero) is 4. The summed E-state index contributed by atoms with van der Waals surface area (Å²) in [5, 5.41) is 38.5. The lowest BCUT2D eigenvalue weighted by molar-refractivity contribution is -0.138. The molecule has 0 spiro atoms. The van der Waals surface area contributed by atoms with E-state index in [1.807, 2.05) is 0 Å². The number of carboxylic acid groups (broad SMARTS) is 2.